The zero-order valence-electron chi connectivity index (χ0n) is 19.8. The van der Waals surface area contributed by atoms with Crippen molar-refractivity contribution in [1.82, 2.24) is 14.5 Å². The Labute approximate surface area is 206 Å². The largest absolute Gasteiger partial charge is 0.420 e. The van der Waals surface area contributed by atoms with Gasteiger partial charge >= 0.3 is 5.76 Å². The Morgan fingerprint density at radius 1 is 0.861 bits per heavy atom. The first kappa shape index (κ1) is 22.9. The minimum Gasteiger partial charge on any atom is -0.408 e. The molecule has 3 aromatic carbocycles. The molecule has 3 N–H and O–H groups in total. The van der Waals surface area contributed by atoms with Gasteiger partial charge in [0, 0.05) is 28.8 Å². The topological polar surface area (TPSA) is 114 Å². The van der Waals surface area contributed by atoms with Gasteiger partial charge in [-0.25, -0.2) is 9.78 Å². The molecule has 36 heavy (non-hydrogen) atoms. The molecular formula is C27H24N6O3. The van der Waals surface area contributed by atoms with Crippen LogP contribution in [0.25, 0.3) is 11.1 Å². The number of amides is 1. The number of anilines is 5. The van der Waals surface area contributed by atoms with Crippen molar-refractivity contribution < 1.29 is 9.21 Å². The van der Waals surface area contributed by atoms with Crippen LogP contribution in [0.4, 0.5) is 28.8 Å². The molecule has 5 aromatic rings. The monoisotopic (exact) mass is 480 g/mol. The molecule has 0 aliphatic heterocycles. The summed E-state index contributed by atoms with van der Waals surface area (Å²) in [7, 11) is 0. The van der Waals surface area contributed by atoms with Crippen LogP contribution < -0.4 is 21.7 Å². The molecule has 0 unspecified atom stereocenters. The first-order valence-corrected chi connectivity index (χ1v) is 11.4. The lowest BCUT2D eigenvalue weighted by Gasteiger charge is -2.11. The van der Waals surface area contributed by atoms with E-state index in [1.165, 1.54) is 10.1 Å². The maximum atomic E-state index is 12.5. The number of carbonyl (C=O) groups is 1. The smallest absolute Gasteiger partial charge is 0.408 e. The van der Waals surface area contributed by atoms with E-state index in [1.807, 2.05) is 56.3 Å². The number of benzene rings is 3. The Kier molecular flexibility index (Phi) is 6.19. The van der Waals surface area contributed by atoms with Crippen molar-refractivity contribution >= 4 is 45.8 Å². The number of aromatic nitrogens is 3. The van der Waals surface area contributed by atoms with E-state index >= 15 is 0 Å². The molecular weight excluding hydrogens is 456 g/mol. The van der Waals surface area contributed by atoms with Crippen LogP contribution in [0.15, 0.2) is 88.1 Å². The van der Waals surface area contributed by atoms with Gasteiger partial charge in [0.05, 0.1) is 5.52 Å². The Bertz CT molecular complexity index is 1590. The van der Waals surface area contributed by atoms with Crippen molar-refractivity contribution in [2.75, 3.05) is 16.0 Å². The van der Waals surface area contributed by atoms with Crippen molar-refractivity contribution in [1.29, 1.82) is 0 Å². The van der Waals surface area contributed by atoms with Gasteiger partial charge in [-0.3, -0.25) is 9.36 Å². The summed E-state index contributed by atoms with van der Waals surface area (Å²) in [5.41, 5.74) is 5.32. The summed E-state index contributed by atoms with van der Waals surface area (Å²) in [5, 5.41) is 9.29. The molecule has 0 radical (unpaired) electrons. The molecule has 1 amide bonds. The number of para-hydroxylation sites is 2. The van der Waals surface area contributed by atoms with E-state index in [4.69, 9.17) is 4.42 Å². The first-order valence-electron chi connectivity index (χ1n) is 11.4. The third-order valence-corrected chi connectivity index (χ3v) is 5.48. The van der Waals surface area contributed by atoms with E-state index in [9.17, 15) is 9.59 Å². The van der Waals surface area contributed by atoms with Gasteiger partial charge in [-0.05, 0) is 62.4 Å². The van der Waals surface area contributed by atoms with Crippen LogP contribution in [-0.2, 0) is 11.3 Å². The number of hydrogen-bond acceptors (Lipinski definition) is 7. The average molecular weight is 481 g/mol. The van der Waals surface area contributed by atoms with Crippen LogP contribution in [0.5, 0.6) is 0 Å². The first-order chi connectivity index (χ1) is 17.4. The molecule has 2 heterocycles. The fraction of sp³-hybridized carbons (Fsp3) is 0.111. The molecule has 2 aromatic heterocycles. The van der Waals surface area contributed by atoms with E-state index < -0.39 is 5.76 Å². The van der Waals surface area contributed by atoms with Gasteiger partial charge < -0.3 is 20.4 Å². The lowest BCUT2D eigenvalue weighted by atomic mass is 10.2. The lowest BCUT2D eigenvalue weighted by molar-refractivity contribution is -0.116. The molecule has 0 aliphatic rings. The molecule has 0 fully saturated rings. The van der Waals surface area contributed by atoms with Gasteiger partial charge in [-0.1, -0.05) is 29.8 Å². The standard InChI is InChI=1S/C27H24N6O3/c1-17-7-9-19(10-8-17)29-24-15-18(2)28-26(32-24)31-21-13-11-20(12-14-21)30-25(34)16-33-22-5-3-4-6-23(22)36-27(33)35/h3-15H,16H2,1-2H3,(H,30,34)(H2,28,29,31,32). The summed E-state index contributed by atoms with van der Waals surface area (Å²) in [5.74, 6) is 0.228. The molecule has 0 bridgehead atoms. The van der Waals surface area contributed by atoms with Gasteiger partial charge in [0.15, 0.2) is 5.58 Å². The Morgan fingerprint density at radius 3 is 2.31 bits per heavy atom. The van der Waals surface area contributed by atoms with Crippen LogP contribution in [0, 0.1) is 13.8 Å². The number of nitrogens with one attached hydrogen (secondary N) is 3. The molecule has 5 rings (SSSR count). The Balaban J connectivity index is 1.24. The number of rotatable bonds is 7. The summed E-state index contributed by atoms with van der Waals surface area (Å²) < 4.78 is 6.48. The minimum absolute atomic E-state index is 0.149. The van der Waals surface area contributed by atoms with Crippen molar-refractivity contribution in [2.24, 2.45) is 0 Å². The van der Waals surface area contributed by atoms with Crippen molar-refractivity contribution in [3.05, 3.63) is 101 Å². The second kappa shape index (κ2) is 9.75. The number of oxazole rings is 1. The molecule has 9 nitrogen and oxygen atoms in total. The second-order valence-electron chi connectivity index (χ2n) is 8.38. The highest BCUT2D eigenvalue weighted by Gasteiger charge is 2.12. The number of carbonyl (C=O) groups excluding carboxylic acids is 1. The SMILES string of the molecule is Cc1ccc(Nc2cc(C)nc(Nc3ccc(NC(=O)Cn4c(=O)oc5ccccc54)cc3)n2)cc1. The number of hydrogen-bond donors (Lipinski definition) is 3. The van der Waals surface area contributed by atoms with E-state index in [-0.39, 0.29) is 12.5 Å². The summed E-state index contributed by atoms with van der Waals surface area (Å²) in [6, 6.07) is 24.1. The molecule has 0 spiro atoms. The third kappa shape index (κ3) is 5.25. The number of nitrogens with zero attached hydrogens (tertiary/aromatic N) is 3. The predicted molar refractivity (Wildman–Crippen MR) is 140 cm³/mol. The van der Waals surface area contributed by atoms with E-state index in [0.29, 0.717) is 28.6 Å². The third-order valence-electron chi connectivity index (χ3n) is 5.48. The molecule has 9 heteroatoms. The maximum absolute atomic E-state index is 12.5. The fourth-order valence-corrected chi connectivity index (χ4v) is 3.75. The number of aryl methyl sites for hydroxylation is 2. The second-order valence-corrected chi connectivity index (χ2v) is 8.38. The summed E-state index contributed by atoms with van der Waals surface area (Å²) in [4.78, 5) is 33.6. The van der Waals surface area contributed by atoms with Gasteiger partial charge in [-0.2, -0.15) is 4.98 Å². The van der Waals surface area contributed by atoms with Gasteiger partial charge in [0.2, 0.25) is 11.9 Å². The summed E-state index contributed by atoms with van der Waals surface area (Å²) >= 11 is 0. The van der Waals surface area contributed by atoms with E-state index in [2.05, 4.69) is 25.9 Å². The van der Waals surface area contributed by atoms with Crippen molar-refractivity contribution in [2.45, 2.75) is 20.4 Å². The van der Waals surface area contributed by atoms with Crippen LogP contribution in [0.2, 0.25) is 0 Å². The molecule has 0 atom stereocenters. The average Bonchev–Trinajstić information content (AvgIpc) is 3.16. The summed E-state index contributed by atoms with van der Waals surface area (Å²) in [6.07, 6.45) is 0. The van der Waals surface area contributed by atoms with Crippen molar-refractivity contribution in [3.8, 4) is 0 Å². The van der Waals surface area contributed by atoms with Gasteiger partial charge in [0.25, 0.3) is 0 Å². The van der Waals surface area contributed by atoms with Gasteiger partial charge in [0.1, 0.15) is 12.4 Å². The summed E-state index contributed by atoms with van der Waals surface area (Å²) in [6.45, 7) is 3.80. The highest BCUT2D eigenvalue weighted by Crippen LogP contribution is 2.21. The van der Waals surface area contributed by atoms with Gasteiger partial charge in [-0.15, -0.1) is 0 Å². The van der Waals surface area contributed by atoms with Crippen LogP contribution >= 0.6 is 0 Å². The van der Waals surface area contributed by atoms with E-state index in [1.54, 1.807) is 36.4 Å². The van der Waals surface area contributed by atoms with E-state index in [0.717, 1.165) is 17.1 Å². The molecule has 0 aliphatic carbocycles. The van der Waals surface area contributed by atoms with Crippen molar-refractivity contribution in [3.63, 3.8) is 0 Å². The fourth-order valence-electron chi connectivity index (χ4n) is 3.75. The molecule has 0 saturated carbocycles. The lowest BCUT2D eigenvalue weighted by Crippen LogP contribution is -2.24. The van der Waals surface area contributed by atoms with Crippen LogP contribution in [0.1, 0.15) is 11.3 Å². The van der Waals surface area contributed by atoms with Crippen LogP contribution in [-0.4, -0.2) is 20.4 Å². The zero-order chi connectivity index (χ0) is 25.1. The minimum atomic E-state index is -0.569. The molecule has 0 saturated heterocycles. The zero-order valence-corrected chi connectivity index (χ0v) is 19.8. The Morgan fingerprint density at radius 2 is 1.53 bits per heavy atom. The highest BCUT2D eigenvalue weighted by atomic mass is 16.4. The normalized spacial score (nSPS) is 10.8. The number of fused-ring (bicyclic) bond motifs is 1. The quantitative estimate of drug-likeness (QED) is 0.296. The van der Waals surface area contributed by atoms with Crippen LogP contribution in [0.3, 0.4) is 0 Å². The highest BCUT2D eigenvalue weighted by molar-refractivity contribution is 5.91. The maximum Gasteiger partial charge on any atom is 0.420 e. The molecule has 180 valence electrons. The Hall–Kier alpha value is -4.92. The predicted octanol–water partition coefficient (Wildman–Crippen LogP) is 5.13.